The van der Waals surface area contributed by atoms with Gasteiger partial charge in [-0.3, -0.25) is 0 Å². The van der Waals surface area contributed by atoms with Gasteiger partial charge in [0.05, 0.1) is 5.69 Å². The first-order chi connectivity index (χ1) is 8.83. The summed E-state index contributed by atoms with van der Waals surface area (Å²) in [5.74, 6) is 0.638. The van der Waals surface area contributed by atoms with Crippen molar-refractivity contribution in [2.75, 3.05) is 0 Å². The van der Waals surface area contributed by atoms with Crippen LogP contribution in [0.5, 0.6) is 0 Å². The third-order valence-electron chi connectivity index (χ3n) is 2.71. The predicted octanol–water partition coefficient (Wildman–Crippen LogP) is 2.64. The van der Waals surface area contributed by atoms with Crippen molar-refractivity contribution in [3.8, 4) is 17.1 Å². The van der Waals surface area contributed by atoms with Crippen LogP contribution in [0.15, 0.2) is 54.6 Å². The number of aromatic nitrogens is 4. The number of hydrogen-bond acceptors (Lipinski definition) is 3. The third-order valence-corrected chi connectivity index (χ3v) is 2.71. The summed E-state index contributed by atoms with van der Waals surface area (Å²) in [6.07, 6.45) is 0. The molecular formula is C14H12N4. The number of aryl methyl sites for hydroxylation is 1. The molecule has 2 aromatic carbocycles. The molecule has 0 aliphatic carbocycles. The summed E-state index contributed by atoms with van der Waals surface area (Å²) in [5.41, 5.74) is 3.10. The third kappa shape index (κ3) is 2.00. The van der Waals surface area contributed by atoms with Gasteiger partial charge in [-0.05, 0) is 24.3 Å². The smallest absolute Gasteiger partial charge is 0.130 e. The molecule has 0 N–H and O–H groups in total. The molecule has 0 saturated heterocycles. The van der Waals surface area contributed by atoms with Gasteiger partial charge in [0.1, 0.15) is 0 Å². The minimum absolute atomic E-state index is 0.638. The highest BCUT2D eigenvalue weighted by molar-refractivity contribution is 5.54. The lowest BCUT2D eigenvalue weighted by molar-refractivity contribution is 0.720. The van der Waals surface area contributed by atoms with Crippen LogP contribution < -0.4 is 0 Å². The van der Waals surface area contributed by atoms with Gasteiger partial charge >= 0.3 is 0 Å². The van der Waals surface area contributed by atoms with E-state index in [-0.39, 0.29) is 0 Å². The van der Waals surface area contributed by atoms with Crippen molar-refractivity contribution in [3.05, 3.63) is 60.2 Å². The molecule has 18 heavy (non-hydrogen) atoms. The average molecular weight is 236 g/mol. The minimum atomic E-state index is 0.638. The Bertz CT molecular complexity index is 641. The number of tetrazole rings is 1. The first kappa shape index (κ1) is 10.7. The lowest BCUT2D eigenvalue weighted by Gasteiger charge is -1.96. The standard InChI is InChI=1S/C14H12N4/c1-11-7-9-12(10-8-11)14-15-17-18(16-14)13-5-3-2-4-6-13/h2-10H,1H3. The van der Waals surface area contributed by atoms with Crippen LogP contribution in [-0.2, 0) is 0 Å². The second-order valence-corrected chi connectivity index (χ2v) is 4.10. The molecule has 0 amide bonds. The molecular weight excluding hydrogens is 224 g/mol. The molecule has 0 aliphatic rings. The Morgan fingerprint density at radius 2 is 1.61 bits per heavy atom. The highest BCUT2D eigenvalue weighted by Crippen LogP contribution is 2.15. The monoisotopic (exact) mass is 236 g/mol. The van der Waals surface area contributed by atoms with E-state index in [0.29, 0.717) is 5.82 Å². The first-order valence-electron chi connectivity index (χ1n) is 5.75. The summed E-state index contributed by atoms with van der Waals surface area (Å²) in [6.45, 7) is 2.05. The molecule has 1 heterocycles. The second kappa shape index (κ2) is 4.41. The maximum Gasteiger partial charge on any atom is 0.205 e. The fraction of sp³-hybridized carbons (Fsp3) is 0.0714. The number of para-hydroxylation sites is 1. The van der Waals surface area contributed by atoms with E-state index in [1.807, 2.05) is 54.6 Å². The van der Waals surface area contributed by atoms with Gasteiger partial charge in [0, 0.05) is 5.56 Å². The van der Waals surface area contributed by atoms with Crippen molar-refractivity contribution < 1.29 is 0 Å². The van der Waals surface area contributed by atoms with E-state index in [2.05, 4.69) is 22.3 Å². The lowest BCUT2D eigenvalue weighted by Crippen LogP contribution is -1.98. The van der Waals surface area contributed by atoms with Crippen LogP contribution >= 0.6 is 0 Å². The molecule has 0 fully saturated rings. The Hall–Kier alpha value is -2.49. The van der Waals surface area contributed by atoms with E-state index < -0.39 is 0 Å². The molecule has 0 spiro atoms. The quantitative estimate of drug-likeness (QED) is 0.687. The van der Waals surface area contributed by atoms with Gasteiger partial charge in [-0.25, -0.2) is 0 Å². The molecule has 1 aromatic heterocycles. The SMILES string of the molecule is Cc1ccc(-c2nnn(-c3ccccc3)n2)cc1. The van der Waals surface area contributed by atoms with E-state index in [1.54, 1.807) is 0 Å². The summed E-state index contributed by atoms with van der Waals surface area (Å²) in [6, 6.07) is 17.8. The molecule has 0 aliphatic heterocycles. The van der Waals surface area contributed by atoms with Crippen molar-refractivity contribution in [2.24, 2.45) is 0 Å². The highest BCUT2D eigenvalue weighted by atomic mass is 15.6. The molecule has 0 saturated carbocycles. The van der Waals surface area contributed by atoms with E-state index in [4.69, 9.17) is 0 Å². The van der Waals surface area contributed by atoms with Crippen LogP contribution in [0.25, 0.3) is 17.1 Å². The fourth-order valence-corrected chi connectivity index (χ4v) is 1.70. The highest BCUT2D eigenvalue weighted by Gasteiger charge is 2.06. The summed E-state index contributed by atoms with van der Waals surface area (Å²) in [7, 11) is 0. The normalized spacial score (nSPS) is 10.5. The number of nitrogens with zero attached hydrogens (tertiary/aromatic N) is 4. The van der Waals surface area contributed by atoms with Crippen LogP contribution in [0, 0.1) is 6.92 Å². The maximum absolute atomic E-state index is 4.37. The van der Waals surface area contributed by atoms with Crippen LogP contribution in [0.2, 0.25) is 0 Å². The predicted molar refractivity (Wildman–Crippen MR) is 69.3 cm³/mol. The molecule has 4 heteroatoms. The van der Waals surface area contributed by atoms with Crippen molar-refractivity contribution >= 4 is 0 Å². The Morgan fingerprint density at radius 3 is 2.33 bits per heavy atom. The molecule has 4 nitrogen and oxygen atoms in total. The molecule has 0 bridgehead atoms. The summed E-state index contributed by atoms with van der Waals surface area (Å²) in [4.78, 5) is 1.54. The molecule has 0 atom stereocenters. The van der Waals surface area contributed by atoms with E-state index >= 15 is 0 Å². The van der Waals surface area contributed by atoms with Crippen LogP contribution in [0.1, 0.15) is 5.56 Å². The van der Waals surface area contributed by atoms with Crippen molar-refractivity contribution in [1.82, 2.24) is 20.2 Å². The fourth-order valence-electron chi connectivity index (χ4n) is 1.70. The first-order valence-corrected chi connectivity index (χ1v) is 5.75. The van der Waals surface area contributed by atoms with Gasteiger partial charge < -0.3 is 0 Å². The van der Waals surface area contributed by atoms with E-state index in [1.165, 1.54) is 10.4 Å². The van der Waals surface area contributed by atoms with Gasteiger partial charge in [0.15, 0.2) is 0 Å². The second-order valence-electron chi connectivity index (χ2n) is 4.10. The molecule has 88 valence electrons. The van der Waals surface area contributed by atoms with Gasteiger partial charge in [0.2, 0.25) is 5.82 Å². The summed E-state index contributed by atoms with van der Waals surface area (Å²) < 4.78 is 0. The Morgan fingerprint density at radius 1 is 0.889 bits per heavy atom. The Balaban J connectivity index is 1.97. The Kier molecular flexibility index (Phi) is 2.61. The number of hydrogen-bond donors (Lipinski definition) is 0. The van der Waals surface area contributed by atoms with Crippen LogP contribution in [0.3, 0.4) is 0 Å². The maximum atomic E-state index is 4.37. The van der Waals surface area contributed by atoms with Gasteiger partial charge in [-0.2, -0.15) is 0 Å². The summed E-state index contributed by atoms with van der Waals surface area (Å²) in [5, 5.41) is 12.5. The molecule has 0 radical (unpaired) electrons. The lowest BCUT2D eigenvalue weighted by atomic mass is 10.1. The van der Waals surface area contributed by atoms with Gasteiger partial charge in [-0.1, -0.05) is 48.0 Å². The van der Waals surface area contributed by atoms with Crippen molar-refractivity contribution in [2.45, 2.75) is 6.92 Å². The topological polar surface area (TPSA) is 43.6 Å². The van der Waals surface area contributed by atoms with Crippen molar-refractivity contribution in [1.29, 1.82) is 0 Å². The zero-order valence-corrected chi connectivity index (χ0v) is 9.99. The van der Waals surface area contributed by atoms with Gasteiger partial charge in [-0.15, -0.1) is 15.0 Å². The van der Waals surface area contributed by atoms with Crippen molar-refractivity contribution in [3.63, 3.8) is 0 Å². The van der Waals surface area contributed by atoms with E-state index in [0.717, 1.165) is 11.3 Å². The summed E-state index contributed by atoms with van der Waals surface area (Å²) >= 11 is 0. The average Bonchev–Trinajstić information content (AvgIpc) is 2.90. The largest absolute Gasteiger partial charge is 0.205 e. The van der Waals surface area contributed by atoms with E-state index in [9.17, 15) is 0 Å². The zero-order chi connectivity index (χ0) is 12.4. The number of rotatable bonds is 2. The number of benzene rings is 2. The molecule has 0 unspecified atom stereocenters. The van der Waals surface area contributed by atoms with Crippen LogP contribution in [0.4, 0.5) is 0 Å². The van der Waals surface area contributed by atoms with Gasteiger partial charge in [0.25, 0.3) is 0 Å². The molecule has 3 rings (SSSR count). The Labute approximate surface area is 105 Å². The van der Waals surface area contributed by atoms with Crippen LogP contribution in [-0.4, -0.2) is 20.2 Å². The zero-order valence-electron chi connectivity index (χ0n) is 9.99. The minimum Gasteiger partial charge on any atom is -0.130 e. The molecule has 3 aromatic rings.